The first-order valence-electron chi connectivity index (χ1n) is 5.37. The van der Waals surface area contributed by atoms with E-state index in [0.29, 0.717) is 11.4 Å². The summed E-state index contributed by atoms with van der Waals surface area (Å²) in [4.78, 5) is 13.7. The van der Waals surface area contributed by atoms with E-state index < -0.39 is 5.97 Å². The molecule has 0 aromatic carbocycles. The molecule has 0 aliphatic carbocycles. The molecule has 1 aromatic rings. The highest BCUT2D eigenvalue weighted by Gasteiger charge is 2.15. The van der Waals surface area contributed by atoms with Crippen molar-refractivity contribution in [1.29, 1.82) is 0 Å². The molecule has 0 unspecified atom stereocenters. The SMILES string of the molecule is O=C(O)c1sccc1CN1CCCOCC1. The van der Waals surface area contributed by atoms with E-state index in [1.54, 1.807) is 0 Å². The largest absolute Gasteiger partial charge is 0.477 e. The molecule has 0 amide bonds. The first-order chi connectivity index (χ1) is 7.77. The van der Waals surface area contributed by atoms with Crippen LogP contribution in [-0.2, 0) is 11.3 Å². The number of hydrogen-bond acceptors (Lipinski definition) is 4. The Morgan fingerprint density at radius 1 is 1.50 bits per heavy atom. The zero-order chi connectivity index (χ0) is 11.4. The van der Waals surface area contributed by atoms with Crippen molar-refractivity contribution in [2.45, 2.75) is 13.0 Å². The summed E-state index contributed by atoms with van der Waals surface area (Å²) in [6.07, 6.45) is 1.02. The summed E-state index contributed by atoms with van der Waals surface area (Å²) in [5.74, 6) is -0.823. The minimum absolute atomic E-state index is 0.463. The van der Waals surface area contributed by atoms with Crippen molar-refractivity contribution in [3.8, 4) is 0 Å². The predicted octanol–water partition coefficient (Wildman–Crippen LogP) is 1.67. The second-order valence-corrected chi connectivity index (χ2v) is 4.74. The van der Waals surface area contributed by atoms with Crippen molar-refractivity contribution < 1.29 is 14.6 Å². The average molecular weight is 241 g/mol. The summed E-state index contributed by atoms with van der Waals surface area (Å²) in [6.45, 7) is 4.14. The van der Waals surface area contributed by atoms with Crippen LogP contribution in [0.4, 0.5) is 0 Å². The first-order valence-corrected chi connectivity index (χ1v) is 6.25. The molecule has 0 bridgehead atoms. The predicted molar refractivity (Wildman–Crippen MR) is 62.0 cm³/mol. The highest BCUT2D eigenvalue weighted by Crippen LogP contribution is 2.19. The number of rotatable bonds is 3. The third kappa shape index (κ3) is 2.81. The lowest BCUT2D eigenvalue weighted by molar-refractivity contribution is 0.0700. The third-order valence-corrected chi connectivity index (χ3v) is 3.59. The number of hydrogen-bond donors (Lipinski definition) is 1. The number of carboxylic acid groups (broad SMARTS) is 1. The molecule has 1 aliphatic heterocycles. The van der Waals surface area contributed by atoms with E-state index in [1.807, 2.05) is 11.4 Å². The number of carbonyl (C=O) groups is 1. The number of ether oxygens (including phenoxy) is 1. The first kappa shape index (κ1) is 11.6. The van der Waals surface area contributed by atoms with Gasteiger partial charge in [-0.3, -0.25) is 4.90 Å². The van der Waals surface area contributed by atoms with Gasteiger partial charge >= 0.3 is 5.97 Å². The zero-order valence-electron chi connectivity index (χ0n) is 9.02. The van der Waals surface area contributed by atoms with Gasteiger partial charge in [0.2, 0.25) is 0 Å². The van der Waals surface area contributed by atoms with Crippen LogP contribution in [0.15, 0.2) is 11.4 Å². The smallest absolute Gasteiger partial charge is 0.346 e. The second-order valence-electron chi connectivity index (χ2n) is 3.82. The molecule has 0 atom stereocenters. The molecular weight excluding hydrogens is 226 g/mol. The molecule has 1 fully saturated rings. The lowest BCUT2D eigenvalue weighted by Crippen LogP contribution is -2.26. The van der Waals surface area contributed by atoms with Crippen molar-refractivity contribution in [2.24, 2.45) is 0 Å². The van der Waals surface area contributed by atoms with Gasteiger partial charge in [-0.25, -0.2) is 4.79 Å². The van der Waals surface area contributed by atoms with Gasteiger partial charge in [0.05, 0.1) is 6.61 Å². The van der Waals surface area contributed by atoms with E-state index in [1.165, 1.54) is 11.3 Å². The fourth-order valence-electron chi connectivity index (χ4n) is 1.84. The van der Waals surface area contributed by atoms with E-state index in [9.17, 15) is 4.79 Å². The molecule has 0 radical (unpaired) electrons. The summed E-state index contributed by atoms with van der Waals surface area (Å²) in [7, 11) is 0. The van der Waals surface area contributed by atoms with Gasteiger partial charge in [0.15, 0.2) is 0 Å². The maximum atomic E-state index is 11.0. The van der Waals surface area contributed by atoms with Crippen LogP contribution >= 0.6 is 11.3 Å². The zero-order valence-corrected chi connectivity index (χ0v) is 9.83. The normalized spacial score (nSPS) is 18.2. The Bertz CT molecular complexity index is 356. The van der Waals surface area contributed by atoms with Crippen molar-refractivity contribution in [3.05, 3.63) is 21.9 Å². The van der Waals surface area contributed by atoms with Crippen LogP contribution in [0.3, 0.4) is 0 Å². The summed E-state index contributed by atoms with van der Waals surface area (Å²) in [5.41, 5.74) is 0.916. The summed E-state index contributed by atoms with van der Waals surface area (Å²) in [5, 5.41) is 10.8. The van der Waals surface area contributed by atoms with Gasteiger partial charge in [0, 0.05) is 26.2 Å². The van der Waals surface area contributed by atoms with E-state index >= 15 is 0 Å². The maximum absolute atomic E-state index is 11.0. The Morgan fingerprint density at radius 2 is 2.38 bits per heavy atom. The molecule has 1 aliphatic rings. The van der Waals surface area contributed by atoms with Gasteiger partial charge in [-0.15, -0.1) is 11.3 Å². The second kappa shape index (κ2) is 5.43. The number of thiophene rings is 1. The van der Waals surface area contributed by atoms with Gasteiger partial charge in [0.25, 0.3) is 0 Å². The molecule has 88 valence electrons. The molecule has 0 spiro atoms. The Hall–Kier alpha value is -0.910. The highest BCUT2D eigenvalue weighted by molar-refractivity contribution is 7.12. The Kier molecular flexibility index (Phi) is 3.93. The lowest BCUT2D eigenvalue weighted by atomic mass is 10.2. The van der Waals surface area contributed by atoms with Crippen LogP contribution in [0.25, 0.3) is 0 Å². The summed E-state index contributed by atoms with van der Waals surface area (Å²) in [6, 6.07) is 1.90. The van der Waals surface area contributed by atoms with E-state index in [2.05, 4.69) is 4.90 Å². The number of nitrogens with zero attached hydrogens (tertiary/aromatic N) is 1. The molecular formula is C11H15NO3S. The van der Waals surface area contributed by atoms with Crippen molar-refractivity contribution in [3.63, 3.8) is 0 Å². The van der Waals surface area contributed by atoms with Crippen LogP contribution in [0.1, 0.15) is 21.7 Å². The summed E-state index contributed by atoms with van der Waals surface area (Å²) < 4.78 is 5.37. The Morgan fingerprint density at radius 3 is 3.19 bits per heavy atom. The van der Waals surface area contributed by atoms with Crippen molar-refractivity contribution in [1.82, 2.24) is 4.90 Å². The van der Waals surface area contributed by atoms with E-state index in [0.717, 1.165) is 38.3 Å². The highest BCUT2D eigenvalue weighted by atomic mass is 32.1. The molecule has 2 rings (SSSR count). The Balaban J connectivity index is 2.01. The number of aromatic carboxylic acids is 1. The number of carboxylic acids is 1. The molecule has 4 nitrogen and oxygen atoms in total. The molecule has 1 aromatic heterocycles. The lowest BCUT2D eigenvalue weighted by Gasteiger charge is -2.18. The molecule has 1 saturated heterocycles. The summed E-state index contributed by atoms with van der Waals surface area (Å²) >= 11 is 1.29. The van der Waals surface area contributed by atoms with Gasteiger partial charge in [-0.1, -0.05) is 0 Å². The topological polar surface area (TPSA) is 49.8 Å². The minimum Gasteiger partial charge on any atom is -0.477 e. The van der Waals surface area contributed by atoms with Crippen molar-refractivity contribution in [2.75, 3.05) is 26.3 Å². The molecule has 5 heteroatoms. The fraction of sp³-hybridized carbons (Fsp3) is 0.545. The van der Waals surface area contributed by atoms with E-state index in [-0.39, 0.29) is 0 Å². The van der Waals surface area contributed by atoms with Gasteiger partial charge in [0.1, 0.15) is 4.88 Å². The van der Waals surface area contributed by atoms with Crippen LogP contribution in [0.5, 0.6) is 0 Å². The van der Waals surface area contributed by atoms with Crippen LogP contribution in [0.2, 0.25) is 0 Å². The quantitative estimate of drug-likeness (QED) is 0.874. The van der Waals surface area contributed by atoms with Crippen molar-refractivity contribution >= 4 is 17.3 Å². The average Bonchev–Trinajstić information content (AvgIpc) is 2.55. The standard InChI is InChI=1S/C11H15NO3S/c13-11(14)10-9(2-7-16-10)8-12-3-1-5-15-6-4-12/h2,7H,1,3-6,8H2,(H,13,14). The Labute approximate surface area is 98.4 Å². The van der Waals surface area contributed by atoms with Crippen LogP contribution in [-0.4, -0.2) is 42.3 Å². The van der Waals surface area contributed by atoms with E-state index in [4.69, 9.17) is 9.84 Å². The molecule has 16 heavy (non-hydrogen) atoms. The fourth-order valence-corrected chi connectivity index (χ4v) is 2.60. The molecule has 1 N–H and O–H groups in total. The van der Waals surface area contributed by atoms with Gasteiger partial charge in [-0.2, -0.15) is 0 Å². The van der Waals surface area contributed by atoms with Gasteiger partial charge < -0.3 is 9.84 Å². The van der Waals surface area contributed by atoms with Crippen LogP contribution in [0, 0.1) is 0 Å². The third-order valence-electron chi connectivity index (χ3n) is 2.65. The maximum Gasteiger partial charge on any atom is 0.346 e. The van der Waals surface area contributed by atoms with Gasteiger partial charge in [-0.05, 0) is 23.4 Å². The van der Waals surface area contributed by atoms with Crippen LogP contribution < -0.4 is 0 Å². The minimum atomic E-state index is -0.823. The monoisotopic (exact) mass is 241 g/mol. The molecule has 0 saturated carbocycles. The molecule has 2 heterocycles.